The Morgan fingerprint density at radius 1 is 1.29 bits per heavy atom. The summed E-state index contributed by atoms with van der Waals surface area (Å²) in [6.45, 7) is 1.04. The molecule has 1 saturated heterocycles. The third-order valence-electron chi connectivity index (χ3n) is 4.97. The summed E-state index contributed by atoms with van der Waals surface area (Å²) in [4.78, 5) is 25.6. The maximum Gasteiger partial charge on any atom is 0.407 e. The number of H-pyrrole nitrogens is 1. The van der Waals surface area contributed by atoms with Crippen LogP contribution in [0.4, 0.5) is 10.5 Å². The van der Waals surface area contributed by atoms with E-state index in [0.29, 0.717) is 50.9 Å². The highest BCUT2D eigenvalue weighted by Gasteiger charge is 2.29. The Bertz CT molecular complexity index is 868. The minimum absolute atomic E-state index is 0.0334. The van der Waals surface area contributed by atoms with Crippen molar-refractivity contribution in [1.29, 1.82) is 0 Å². The molecule has 2 heterocycles. The second-order valence-corrected chi connectivity index (χ2v) is 9.40. The van der Waals surface area contributed by atoms with Crippen LogP contribution in [0.15, 0.2) is 11.0 Å². The zero-order valence-electron chi connectivity index (χ0n) is 15.5. The molecule has 1 saturated carbocycles. The molecule has 3 rings (SSSR count). The summed E-state index contributed by atoms with van der Waals surface area (Å²) in [7, 11) is -3.22. The first-order valence-corrected chi connectivity index (χ1v) is 11.4. The van der Waals surface area contributed by atoms with E-state index in [2.05, 4.69) is 20.2 Å². The molecule has 1 aliphatic heterocycles. The molecule has 1 aromatic rings. The Labute approximate surface area is 168 Å². The minimum Gasteiger partial charge on any atom is -0.444 e. The number of hydrogen-bond acceptors (Lipinski definition) is 7. The van der Waals surface area contributed by atoms with Gasteiger partial charge in [-0.2, -0.15) is 5.10 Å². The van der Waals surface area contributed by atoms with Crippen LogP contribution in [0, 0.1) is 0 Å². The van der Waals surface area contributed by atoms with Gasteiger partial charge in [0, 0.05) is 25.0 Å². The lowest BCUT2D eigenvalue weighted by Crippen LogP contribution is -2.44. The molecular weight excluding hydrogens is 410 g/mol. The molecule has 0 unspecified atom stereocenters. The quantitative estimate of drug-likeness (QED) is 0.618. The number of sulfonamides is 1. The van der Waals surface area contributed by atoms with E-state index in [4.69, 9.17) is 16.3 Å². The van der Waals surface area contributed by atoms with Gasteiger partial charge in [-0.25, -0.2) is 23.0 Å². The average molecular weight is 434 g/mol. The fourth-order valence-electron chi connectivity index (χ4n) is 3.65. The molecule has 28 heavy (non-hydrogen) atoms. The molecule has 10 nitrogen and oxygen atoms in total. The third kappa shape index (κ3) is 5.58. The summed E-state index contributed by atoms with van der Waals surface area (Å²) >= 11 is 6.02. The summed E-state index contributed by atoms with van der Waals surface area (Å²) in [5.41, 5.74) is 0.0656. The Morgan fingerprint density at radius 3 is 2.64 bits per heavy atom. The minimum atomic E-state index is -3.22. The molecular formula is C16H24ClN5O5S. The standard InChI is InChI=1S/C16H24ClN5O5S/c1-28(25,26)21-11-4-2-10(3-5-11)19-16(24)27-12-6-7-22(9-12)13-8-18-20-15(23)14(13)17/h8,10-12,21H,2-7,9H2,1H3,(H,19,24)(H,20,23)/t10?,11?,12-/m1/s1. The number of amides is 1. The molecule has 0 aromatic carbocycles. The maximum absolute atomic E-state index is 12.2. The van der Waals surface area contributed by atoms with Crippen LogP contribution in [0.1, 0.15) is 32.1 Å². The van der Waals surface area contributed by atoms with E-state index in [1.54, 1.807) is 0 Å². The van der Waals surface area contributed by atoms with Gasteiger partial charge in [0.15, 0.2) is 0 Å². The smallest absolute Gasteiger partial charge is 0.407 e. The number of carbonyl (C=O) groups is 1. The second kappa shape index (κ2) is 8.66. The Kier molecular flexibility index (Phi) is 6.46. The first-order valence-electron chi connectivity index (χ1n) is 9.14. The number of carbonyl (C=O) groups excluding carboxylic acids is 1. The van der Waals surface area contributed by atoms with Crippen molar-refractivity contribution >= 4 is 33.4 Å². The second-order valence-electron chi connectivity index (χ2n) is 7.24. The zero-order chi connectivity index (χ0) is 20.3. The lowest BCUT2D eigenvalue weighted by atomic mass is 9.92. The summed E-state index contributed by atoms with van der Waals surface area (Å²) in [6, 6.07) is -0.117. The molecule has 0 radical (unpaired) electrons. The van der Waals surface area contributed by atoms with Gasteiger partial charge in [0.25, 0.3) is 5.56 Å². The Morgan fingerprint density at radius 2 is 1.96 bits per heavy atom. The van der Waals surface area contributed by atoms with Crippen molar-refractivity contribution < 1.29 is 17.9 Å². The number of ether oxygens (including phenoxy) is 1. The van der Waals surface area contributed by atoms with Crippen LogP contribution in [-0.4, -0.2) is 62.2 Å². The van der Waals surface area contributed by atoms with Gasteiger partial charge in [-0.15, -0.1) is 0 Å². The number of rotatable bonds is 5. The van der Waals surface area contributed by atoms with Crippen molar-refractivity contribution in [2.45, 2.75) is 50.3 Å². The fraction of sp³-hybridized carbons (Fsp3) is 0.688. The molecule has 12 heteroatoms. The highest BCUT2D eigenvalue weighted by atomic mass is 35.5. The van der Waals surface area contributed by atoms with Crippen molar-refractivity contribution in [3.8, 4) is 0 Å². The lowest BCUT2D eigenvalue weighted by molar-refractivity contribution is 0.102. The zero-order valence-corrected chi connectivity index (χ0v) is 17.1. The van der Waals surface area contributed by atoms with Gasteiger partial charge < -0.3 is 15.0 Å². The Balaban J connectivity index is 1.44. The van der Waals surface area contributed by atoms with Crippen molar-refractivity contribution in [1.82, 2.24) is 20.2 Å². The number of anilines is 1. The van der Waals surface area contributed by atoms with E-state index in [-0.39, 0.29) is 23.2 Å². The number of aromatic nitrogens is 2. The van der Waals surface area contributed by atoms with Crippen molar-refractivity contribution in [2.75, 3.05) is 24.2 Å². The van der Waals surface area contributed by atoms with Crippen LogP contribution in [0.3, 0.4) is 0 Å². The van der Waals surface area contributed by atoms with Crippen LogP contribution in [0.5, 0.6) is 0 Å². The van der Waals surface area contributed by atoms with Crippen LogP contribution < -0.4 is 20.5 Å². The van der Waals surface area contributed by atoms with Gasteiger partial charge in [-0.05, 0) is 25.7 Å². The predicted octanol–water partition coefficient (Wildman–Crippen LogP) is 0.589. The van der Waals surface area contributed by atoms with Gasteiger partial charge in [0.05, 0.1) is 24.7 Å². The molecule has 156 valence electrons. The van der Waals surface area contributed by atoms with E-state index < -0.39 is 21.7 Å². The summed E-state index contributed by atoms with van der Waals surface area (Å²) < 4.78 is 30.7. The highest BCUT2D eigenvalue weighted by molar-refractivity contribution is 7.88. The first kappa shape index (κ1) is 20.9. The topological polar surface area (TPSA) is 133 Å². The number of aromatic amines is 1. The molecule has 1 aliphatic carbocycles. The van der Waals surface area contributed by atoms with E-state index in [0.717, 1.165) is 6.26 Å². The molecule has 1 aromatic heterocycles. The SMILES string of the molecule is CS(=O)(=O)NC1CCC(NC(=O)O[C@@H]2CCN(c3cn[nH]c(=O)c3Cl)C2)CC1. The van der Waals surface area contributed by atoms with E-state index in [1.165, 1.54) is 6.20 Å². The normalized spacial score (nSPS) is 25.5. The van der Waals surface area contributed by atoms with E-state index in [9.17, 15) is 18.0 Å². The van der Waals surface area contributed by atoms with Crippen molar-refractivity contribution in [2.24, 2.45) is 0 Å². The lowest BCUT2D eigenvalue weighted by Gasteiger charge is -2.29. The number of nitrogens with zero attached hydrogens (tertiary/aromatic N) is 2. The summed E-state index contributed by atoms with van der Waals surface area (Å²) in [6.07, 6.45) is 5.18. The van der Waals surface area contributed by atoms with Crippen LogP contribution in [-0.2, 0) is 14.8 Å². The van der Waals surface area contributed by atoms with Crippen LogP contribution >= 0.6 is 11.6 Å². The molecule has 2 aliphatic rings. The summed E-state index contributed by atoms with van der Waals surface area (Å²) in [5, 5.41) is 8.95. The van der Waals surface area contributed by atoms with Gasteiger partial charge >= 0.3 is 6.09 Å². The number of hydrogen-bond donors (Lipinski definition) is 3. The number of alkyl carbamates (subject to hydrolysis) is 1. The largest absolute Gasteiger partial charge is 0.444 e. The van der Waals surface area contributed by atoms with Crippen LogP contribution in [0.2, 0.25) is 5.02 Å². The van der Waals surface area contributed by atoms with Crippen molar-refractivity contribution in [3.05, 3.63) is 21.6 Å². The van der Waals surface area contributed by atoms with Crippen LogP contribution in [0.25, 0.3) is 0 Å². The fourth-order valence-corrected chi connectivity index (χ4v) is 4.70. The molecule has 3 N–H and O–H groups in total. The number of halogens is 1. The van der Waals surface area contributed by atoms with E-state index in [1.807, 2.05) is 4.90 Å². The molecule has 0 spiro atoms. The summed E-state index contributed by atoms with van der Waals surface area (Å²) in [5.74, 6) is 0. The van der Waals surface area contributed by atoms with Gasteiger partial charge in [-0.3, -0.25) is 4.79 Å². The van der Waals surface area contributed by atoms with Gasteiger partial charge in [-0.1, -0.05) is 11.6 Å². The molecule has 2 fully saturated rings. The highest BCUT2D eigenvalue weighted by Crippen LogP contribution is 2.26. The monoisotopic (exact) mass is 433 g/mol. The molecule has 0 bridgehead atoms. The molecule has 1 amide bonds. The average Bonchev–Trinajstić information content (AvgIpc) is 3.06. The maximum atomic E-state index is 12.2. The van der Waals surface area contributed by atoms with Crippen molar-refractivity contribution in [3.63, 3.8) is 0 Å². The Hall–Kier alpha value is -1.85. The van der Waals surface area contributed by atoms with Gasteiger partial charge in [0.2, 0.25) is 10.0 Å². The first-order chi connectivity index (χ1) is 13.2. The van der Waals surface area contributed by atoms with Gasteiger partial charge in [0.1, 0.15) is 11.1 Å². The predicted molar refractivity (Wildman–Crippen MR) is 104 cm³/mol. The molecule has 1 atom stereocenters. The van der Waals surface area contributed by atoms with E-state index >= 15 is 0 Å². The third-order valence-corrected chi connectivity index (χ3v) is 6.09. The number of nitrogens with one attached hydrogen (secondary N) is 3.